The number of aromatic nitrogens is 2. The third kappa shape index (κ3) is 7.74. The summed E-state index contributed by atoms with van der Waals surface area (Å²) in [5.41, 5.74) is 2.65. The molecule has 0 spiro atoms. The van der Waals surface area contributed by atoms with Gasteiger partial charge in [-0.1, -0.05) is 30.7 Å². The van der Waals surface area contributed by atoms with Crippen molar-refractivity contribution < 1.29 is 9.59 Å². The summed E-state index contributed by atoms with van der Waals surface area (Å²) in [4.78, 5) is 32.6. The summed E-state index contributed by atoms with van der Waals surface area (Å²) in [6.07, 6.45) is 0.937. The van der Waals surface area contributed by atoms with Crippen LogP contribution in [0.3, 0.4) is 0 Å². The molecule has 0 bridgehead atoms. The number of aryl methyl sites for hydroxylation is 1. The van der Waals surface area contributed by atoms with Crippen molar-refractivity contribution >= 4 is 35.1 Å². The molecule has 8 nitrogen and oxygen atoms in total. The second kappa shape index (κ2) is 12.6. The Balaban J connectivity index is 1.62. The average molecular weight is 481 g/mol. The van der Waals surface area contributed by atoms with E-state index in [1.807, 2.05) is 36.4 Å². The number of carbonyl (C=O) groups excluding carboxylic acids is 2. The summed E-state index contributed by atoms with van der Waals surface area (Å²) in [6.45, 7) is 5.47. The summed E-state index contributed by atoms with van der Waals surface area (Å²) in [7, 11) is 0. The minimum Gasteiger partial charge on any atom is -0.368 e. The number of nitrogens with zero attached hydrogens (tertiary/aromatic N) is 2. The summed E-state index contributed by atoms with van der Waals surface area (Å²) < 4.78 is 0. The lowest BCUT2D eigenvalue weighted by molar-refractivity contribution is -0.118. The fourth-order valence-electron chi connectivity index (χ4n) is 3.15. The van der Waals surface area contributed by atoms with Crippen LogP contribution in [0.1, 0.15) is 29.8 Å². The minimum absolute atomic E-state index is 0.0861. The van der Waals surface area contributed by atoms with Crippen LogP contribution >= 0.6 is 11.6 Å². The van der Waals surface area contributed by atoms with E-state index in [1.165, 1.54) is 12.5 Å². The first-order valence-electron chi connectivity index (χ1n) is 11.2. The third-order valence-corrected chi connectivity index (χ3v) is 5.23. The molecule has 3 rings (SSSR count). The van der Waals surface area contributed by atoms with Gasteiger partial charge in [-0.15, -0.1) is 0 Å². The van der Waals surface area contributed by atoms with Gasteiger partial charge in [0.05, 0.1) is 0 Å². The maximum Gasteiger partial charge on any atom is 0.251 e. The van der Waals surface area contributed by atoms with E-state index in [0.29, 0.717) is 54.2 Å². The molecule has 178 valence electrons. The molecule has 0 saturated heterocycles. The van der Waals surface area contributed by atoms with Crippen LogP contribution in [0.15, 0.2) is 54.6 Å². The van der Waals surface area contributed by atoms with Gasteiger partial charge in [-0.25, -0.2) is 9.97 Å². The van der Waals surface area contributed by atoms with Crippen LogP contribution in [0.2, 0.25) is 5.02 Å². The van der Waals surface area contributed by atoms with Gasteiger partial charge in [0.2, 0.25) is 5.91 Å². The Kier molecular flexibility index (Phi) is 9.22. The lowest BCUT2D eigenvalue weighted by atomic mass is 10.1. The van der Waals surface area contributed by atoms with Gasteiger partial charge in [0.25, 0.3) is 5.91 Å². The van der Waals surface area contributed by atoms with Crippen LogP contribution in [0.4, 0.5) is 11.6 Å². The molecule has 9 heteroatoms. The highest BCUT2D eigenvalue weighted by Crippen LogP contribution is 2.22. The maximum atomic E-state index is 12.4. The van der Waals surface area contributed by atoms with Gasteiger partial charge in [0.1, 0.15) is 11.6 Å². The number of amides is 2. The highest BCUT2D eigenvalue weighted by molar-refractivity contribution is 6.30. The van der Waals surface area contributed by atoms with Crippen molar-refractivity contribution in [3.05, 3.63) is 70.7 Å². The normalized spacial score (nSPS) is 10.4. The van der Waals surface area contributed by atoms with Crippen LogP contribution in [0.5, 0.6) is 0 Å². The van der Waals surface area contributed by atoms with E-state index in [9.17, 15) is 9.59 Å². The quantitative estimate of drug-likeness (QED) is 0.311. The van der Waals surface area contributed by atoms with Crippen molar-refractivity contribution in [3.63, 3.8) is 0 Å². The van der Waals surface area contributed by atoms with E-state index in [4.69, 9.17) is 11.6 Å². The molecule has 2 aromatic carbocycles. The van der Waals surface area contributed by atoms with Crippen molar-refractivity contribution in [3.8, 4) is 11.4 Å². The lowest BCUT2D eigenvalue weighted by Gasteiger charge is -2.12. The average Bonchev–Trinajstić information content (AvgIpc) is 2.84. The van der Waals surface area contributed by atoms with Crippen LogP contribution in [0, 0.1) is 0 Å². The second-order valence-electron chi connectivity index (χ2n) is 7.61. The van der Waals surface area contributed by atoms with Crippen LogP contribution < -0.4 is 21.3 Å². The van der Waals surface area contributed by atoms with Crippen molar-refractivity contribution in [2.45, 2.75) is 20.3 Å². The number of hydrogen-bond donors (Lipinski definition) is 4. The standard InChI is InChI=1S/C25H29ClN6O2/c1-3-18-4-6-20(7-5-18)25(34)30-15-14-29-23-16-22(28-13-12-27-17(2)33)31-24(32-23)19-8-10-21(26)11-9-19/h4-11,16H,3,12-15H2,1-2H3,(H,27,33)(H,30,34)(H2,28,29,31,32). The molecule has 4 N–H and O–H groups in total. The van der Waals surface area contributed by atoms with Crippen molar-refractivity contribution in [1.29, 1.82) is 0 Å². The zero-order valence-electron chi connectivity index (χ0n) is 19.3. The Morgan fingerprint density at radius 3 is 1.97 bits per heavy atom. The first-order chi connectivity index (χ1) is 16.4. The zero-order chi connectivity index (χ0) is 24.3. The maximum absolute atomic E-state index is 12.4. The molecule has 34 heavy (non-hydrogen) atoms. The van der Waals surface area contributed by atoms with E-state index in [-0.39, 0.29) is 11.8 Å². The number of halogens is 1. The van der Waals surface area contributed by atoms with Gasteiger partial charge in [-0.2, -0.15) is 0 Å². The third-order valence-electron chi connectivity index (χ3n) is 4.97. The molecule has 1 aromatic heterocycles. The van der Waals surface area contributed by atoms with Crippen LogP contribution in [0.25, 0.3) is 11.4 Å². The predicted octanol–water partition coefficient (Wildman–Crippen LogP) is 3.75. The van der Waals surface area contributed by atoms with E-state index in [2.05, 4.69) is 38.2 Å². The first kappa shape index (κ1) is 25.0. The Hall–Kier alpha value is -3.65. The summed E-state index contributed by atoms with van der Waals surface area (Å²) in [5.74, 6) is 1.56. The van der Waals surface area contributed by atoms with E-state index >= 15 is 0 Å². The molecule has 1 heterocycles. The minimum atomic E-state index is -0.116. The highest BCUT2D eigenvalue weighted by Gasteiger charge is 2.08. The Bertz CT molecular complexity index is 1100. The zero-order valence-corrected chi connectivity index (χ0v) is 20.1. The van der Waals surface area contributed by atoms with Gasteiger partial charge >= 0.3 is 0 Å². The molecule has 0 aliphatic rings. The molecule has 0 atom stereocenters. The first-order valence-corrected chi connectivity index (χ1v) is 11.6. The van der Waals surface area contributed by atoms with E-state index < -0.39 is 0 Å². The monoisotopic (exact) mass is 480 g/mol. The van der Waals surface area contributed by atoms with Gasteiger partial charge in [-0.3, -0.25) is 9.59 Å². The number of hydrogen-bond acceptors (Lipinski definition) is 6. The molecular formula is C25H29ClN6O2. The summed E-state index contributed by atoms with van der Waals surface area (Å²) >= 11 is 6.01. The fraction of sp³-hybridized carbons (Fsp3) is 0.280. The molecule has 3 aromatic rings. The van der Waals surface area contributed by atoms with Gasteiger partial charge in [0.15, 0.2) is 5.82 Å². The molecule has 0 unspecified atom stereocenters. The number of nitrogens with one attached hydrogen (secondary N) is 4. The Morgan fingerprint density at radius 1 is 0.824 bits per heavy atom. The van der Waals surface area contributed by atoms with Crippen LogP contribution in [-0.2, 0) is 11.2 Å². The van der Waals surface area contributed by atoms with Gasteiger partial charge in [-0.05, 0) is 48.4 Å². The van der Waals surface area contributed by atoms with Crippen molar-refractivity contribution in [1.82, 2.24) is 20.6 Å². The lowest BCUT2D eigenvalue weighted by Crippen LogP contribution is -2.29. The molecule has 0 aliphatic heterocycles. The van der Waals surface area contributed by atoms with Gasteiger partial charge < -0.3 is 21.3 Å². The van der Waals surface area contributed by atoms with Crippen molar-refractivity contribution in [2.24, 2.45) is 0 Å². The highest BCUT2D eigenvalue weighted by atomic mass is 35.5. The molecule has 0 aliphatic carbocycles. The predicted molar refractivity (Wildman–Crippen MR) is 136 cm³/mol. The second-order valence-corrected chi connectivity index (χ2v) is 8.05. The smallest absolute Gasteiger partial charge is 0.251 e. The van der Waals surface area contributed by atoms with Crippen molar-refractivity contribution in [2.75, 3.05) is 36.8 Å². The fourth-order valence-corrected chi connectivity index (χ4v) is 3.27. The topological polar surface area (TPSA) is 108 Å². The summed E-state index contributed by atoms with van der Waals surface area (Å²) in [6, 6.07) is 16.7. The number of benzene rings is 2. The number of anilines is 2. The van der Waals surface area contributed by atoms with Crippen LogP contribution in [-0.4, -0.2) is 48.0 Å². The molecule has 0 saturated carbocycles. The molecule has 0 fully saturated rings. The van der Waals surface area contributed by atoms with Gasteiger partial charge in [0, 0.05) is 55.3 Å². The summed E-state index contributed by atoms with van der Waals surface area (Å²) in [5, 5.41) is 12.7. The SMILES string of the molecule is CCc1ccc(C(=O)NCCNc2cc(NCCNC(C)=O)nc(-c3ccc(Cl)cc3)n2)cc1. The Morgan fingerprint density at radius 2 is 1.41 bits per heavy atom. The number of carbonyl (C=O) groups is 2. The van der Waals surface area contributed by atoms with E-state index in [1.54, 1.807) is 18.2 Å². The molecular weight excluding hydrogens is 452 g/mol. The Labute approximate surface area is 204 Å². The molecule has 0 radical (unpaired) electrons. The van der Waals surface area contributed by atoms with E-state index in [0.717, 1.165) is 12.0 Å². The largest absolute Gasteiger partial charge is 0.368 e. The number of rotatable bonds is 11. The molecule has 2 amide bonds.